The van der Waals surface area contributed by atoms with Crippen molar-refractivity contribution in [2.24, 2.45) is 7.05 Å². The molecule has 0 saturated carbocycles. The number of methoxy groups -OCH3 is 1. The molecule has 0 aliphatic rings. The van der Waals surface area contributed by atoms with Gasteiger partial charge in [0.15, 0.2) is 0 Å². The van der Waals surface area contributed by atoms with Crippen molar-refractivity contribution in [1.82, 2.24) is 9.29 Å². The molecule has 144 valence electrons. The first-order valence-electron chi connectivity index (χ1n) is 8.61. The van der Waals surface area contributed by atoms with E-state index in [1.54, 1.807) is 33.1 Å². The van der Waals surface area contributed by atoms with Gasteiger partial charge in [-0.3, -0.25) is 0 Å². The highest BCUT2D eigenvalue weighted by Crippen LogP contribution is 2.28. The maximum atomic E-state index is 12.7. The lowest BCUT2D eigenvalue weighted by atomic mass is 10.1. The Morgan fingerprint density at radius 2 is 1.81 bits per heavy atom. The van der Waals surface area contributed by atoms with Gasteiger partial charge >= 0.3 is 0 Å². The Kier molecular flexibility index (Phi) is 5.28. The SMILES string of the molecule is COc1c(C)cc(S(=O)(=O)NC[C@@H](O)c2cn(C)c3ccccc23)cc1C. The second-order valence-corrected chi connectivity index (χ2v) is 8.44. The lowest BCUT2D eigenvalue weighted by Crippen LogP contribution is -2.28. The van der Waals surface area contributed by atoms with Crippen LogP contribution < -0.4 is 9.46 Å². The zero-order valence-electron chi connectivity index (χ0n) is 15.9. The Morgan fingerprint density at radius 1 is 1.19 bits per heavy atom. The molecule has 0 aliphatic carbocycles. The summed E-state index contributed by atoms with van der Waals surface area (Å²) in [5, 5.41) is 11.5. The van der Waals surface area contributed by atoms with Gasteiger partial charge in [-0.15, -0.1) is 0 Å². The second-order valence-electron chi connectivity index (χ2n) is 6.67. The first-order valence-corrected chi connectivity index (χ1v) is 10.1. The minimum Gasteiger partial charge on any atom is -0.496 e. The first-order chi connectivity index (χ1) is 12.7. The van der Waals surface area contributed by atoms with Crippen LogP contribution in [0.1, 0.15) is 22.8 Å². The van der Waals surface area contributed by atoms with E-state index in [0.29, 0.717) is 11.3 Å². The van der Waals surface area contributed by atoms with Gasteiger partial charge in [-0.1, -0.05) is 18.2 Å². The highest BCUT2D eigenvalue weighted by molar-refractivity contribution is 7.89. The van der Waals surface area contributed by atoms with Crippen LogP contribution in [0.5, 0.6) is 5.75 Å². The maximum Gasteiger partial charge on any atom is 0.240 e. The molecule has 0 unspecified atom stereocenters. The zero-order chi connectivity index (χ0) is 19.8. The molecule has 7 heteroatoms. The lowest BCUT2D eigenvalue weighted by Gasteiger charge is -2.14. The number of aliphatic hydroxyl groups is 1. The molecule has 27 heavy (non-hydrogen) atoms. The van der Waals surface area contributed by atoms with Crippen molar-refractivity contribution in [1.29, 1.82) is 0 Å². The number of aromatic nitrogens is 1. The topological polar surface area (TPSA) is 80.6 Å². The Hall–Kier alpha value is -2.35. The molecular formula is C20H24N2O4S. The number of aliphatic hydroxyl groups excluding tert-OH is 1. The number of hydrogen-bond donors (Lipinski definition) is 2. The summed E-state index contributed by atoms with van der Waals surface area (Å²) < 4.78 is 35.1. The van der Waals surface area contributed by atoms with Gasteiger partial charge in [-0.2, -0.15) is 0 Å². The molecule has 1 aromatic heterocycles. The van der Waals surface area contributed by atoms with Gasteiger partial charge in [0.25, 0.3) is 0 Å². The van der Waals surface area contributed by atoms with Crippen LogP contribution >= 0.6 is 0 Å². The van der Waals surface area contributed by atoms with Gasteiger partial charge < -0.3 is 14.4 Å². The number of nitrogens with one attached hydrogen (secondary N) is 1. The first kappa shape index (κ1) is 19.4. The summed E-state index contributed by atoms with van der Waals surface area (Å²) in [4.78, 5) is 0.156. The van der Waals surface area contributed by atoms with Crippen LogP contribution in [0.2, 0.25) is 0 Å². The summed E-state index contributed by atoms with van der Waals surface area (Å²) >= 11 is 0. The Bertz CT molecular complexity index is 1060. The molecule has 1 heterocycles. The van der Waals surface area contributed by atoms with Gasteiger partial charge in [-0.05, 0) is 43.2 Å². The third-order valence-electron chi connectivity index (χ3n) is 4.70. The fourth-order valence-corrected chi connectivity index (χ4v) is 4.62. The summed E-state index contributed by atoms with van der Waals surface area (Å²) in [6, 6.07) is 10.8. The van der Waals surface area contributed by atoms with E-state index in [2.05, 4.69) is 4.72 Å². The van der Waals surface area contributed by atoms with Crippen molar-refractivity contribution in [2.75, 3.05) is 13.7 Å². The number of rotatable bonds is 6. The Balaban J connectivity index is 1.83. The summed E-state index contributed by atoms with van der Waals surface area (Å²) in [7, 11) is -0.300. The minimum atomic E-state index is -3.75. The van der Waals surface area contributed by atoms with Gasteiger partial charge in [0.05, 0.1) is 18.1 Å². The third kappa shape index (κ3) is 3.71. The van der Waals surface area contributed by atoms with Crippen LogP contribution in [0.3, 0.4) is 0 Å². The molecule has 1 atom stereocenters. The molecule has 0 fully saturated rings. The Labute approximate surface area is 159 Å². The Morgan fingerprint density at radius 3 is 2.44 bits per heavy atom. The summed E-state index contributed by atoms with van der Waals surface area (Å²) in [5.74, 6) is 0.671. The van der Waals surface area contributed by atoms with E-state index in [4.69, 9.17) is 4.74 Å². The number of nitrogens with zero attached hydrogens (tertiary/aromatic N) is 1. The summed E-state index contributed by atoms with van der Waals surface area (Å²) in [6.45, 7) is 3.49. The molecule has 0 bridgehead atoms. The standard InChI is InChI=1S/C20H24N2O4S/c1-13-9-15(10-14(2)20(13)26-4)27(24,25)21-11-19(23)17-12-22(3)18-8-6-5-7-16(17)18/h5-10,12,19,21,23H,11H2,1-4H3/t19-/m1/s1. The highest BCUT2D eigenvalue weighted by atomic mass is 32.2. The van der Waals surface area contributed by atoms with Crippen molar-refractivity contribution < 1.29 is 18.3 Å². The van der Waals surface area contributed by atoms with E-state index in [0.717, 1.165) is 22.0 Å². The molecule has 0 amide bonds. The van der Waals surface area contributed by atoms with Crippen LogP contribution in [0.4, 0.5) is 0 Å². The van der Waals surface area contributed by atoms with E-state index in [1.165, 1.54) is 0 Å². The van der Waals surface area contributed by atoms with E-state index in [1.807, 2.05) is 42.1 Å². The normalized spacial score (nSPS) is 13.1. The maximum absolute atomic E-state index is 12.7. The molecule has 2 aromatic carbocycles. The van der Waals surface area contributed by atoms with Crippen LogP contribution in [0.15, 0.2) is 47.5 Å². The van der Waals surface area contributed by atoms with Crippen LogP contribution in [0, 0.1) is 13.8 Å². The van der Waals surface area contributed by atoms with Crippen molar-refractivity contribution >= 4 is 20.9 Å². The van der Waals surface area contributed by atoms with Gasteiger partial charge in [0, 0.05) is 36.3 Å². The van der Waals surface area contributed by atoms with Crippen LogP contribution in [-0.2, 0) is 17.1 Å². The molecule has 0 saturated heterocycles. The van der Waals surface area contributed by atoms with Gasteiger partial charge in [0.1, 0.15) is 5.75 Å². The molecule has 2 N–H and O–H groups in total. The number of para-hydroxylation sites is 1. The largest absolute Gasteiger partial charge is 0.496 e. The van der Waals surface area contributed by atoms with Crippen molar-refractivity contribution in [2.45, 2.75) is 24.8 Å². The fraction of sp³-hybridized carbons (Fsp3) is 0.300. The van der Waals surface area contributed by atoms with Crippen LogP contribution in [0.25, 0.3) is 10.9 Å². The predicted octanol–water partition coefficient (Wildman–Crippen LogP) is 2.82. The number of sulfonamides is 1. The number of hydrogen-bond acceptors (Lipinski definition) is 4. The summed E-state index contributed by atoms with van der Waals surface area (Å²) in [6.07, 6.45) is 0.872. The van der Waals surface area contributed by atoms with E-state index < -0.39 is 16.1 Å². The van der Waals surface area contributed by atoms with Crippen molar-refractivity contribution in [3.05, 3.63) is 59.3 Å². The number of benzene rings is 2. The van der Waals surface area contributed by atoms with E-state index in [-0.39, 0.29) is 11.4 Å². The molecule has 3 rings (SSSR count). The van der Waals surface area contributed by atoms with Gasteiger partial charge in [0.2, 0.25) is 10.0 Å². The predicted molar refractivity (Wildman–Crippen MR) is 106 cm³/mol. The average Bonchev–Trinajstić information content (AvgIpc) is 2.97. The van der Waals surface area contributed by atoms with E-state index >= 15 is 0 Å². The summed E-state index contributed by atoms with van der Waals surface area (Å²) in [5.41, 5.74) is 3.16. The monoisotopic (exact) mass is 388 g/mol. The zero-order valence-corrected chi connectivity index (χ0v) is 16.7. The fourth-order valence-electron chi connectivity index (χ4n) is 3.41. The number of fused-ring (bicyclic) bond motifs is 1. The van der Waals surface area contributed by atoms with Crippen molar-refractivity contribution in [3.63, 3.8) is 0 Å². The number of aryl methyl sites for hydroxylation is 3. The smallest absolute Gasteiger partial charge is 0.240 e. The molecular weight excluding hydrogens is 364 g/mol. The minimum absolute atomic E-state index is 0.111. The van der Waals surface area contributed by atoms with Gasteiger partial charge in [-0.25, -0.2) is 13.1 Å². The van der Waals surface area contributed by atoms with E-state index in [9.17, 15) is 13.5 Å². The third-order valence-corrected chi connectivity index (χ3v) is 6.10. The molecule has 0 spiro atoms. The lowest BCUT2D eigenvalue weighted by molar-refractivity contribution is 0.183. The number of ether oxygens (including phenoxy) is 1. The second kappa shape index (κ2) is 7.34. The van der Waals surface area contributed by atoms with Crippen molar-refractivity contribution in [3.8, 4) is 5.75 Å². The molecule has 0 aliphatic heterocycles. The average molecular weight is 388 g/mol. The van der Waals surface area contributed by atoms with Crippen LogP contribution in [-0.4, -0.2) is 31.7 Å². The quantitative estimate of drug-likeness (QED) is 0.680. The molecule has 3 aromatic rings. The highest BCUT2D eigenvalue weighted by Gasteiger charge is 2.21. The molecule has 0 radical (unpaired) electrons. The molecule has 6 nitrogen and oxygen atoms in total.